The normalized spacial score (nSPS) is 30.5. The van der Waals surface area contributed by atoms with E-state index in [9.17, 15) is 0 Å². The Hall–Kier alpha value is -0.0400. The molecule has 0 spiro atoms. The quantitative estimate of drug-likeness (QED) is 0.620. The van der Waals surface area contributed by atoms with Crippen LogP contribution >= 0.6 is 0 Å². The van der Waals surface area contributed by atoms with Crippen molar-refractivity contribution in [2.45, 2.75) is 52.5 Å². The van der Waals surface area contributed by atoms with Gasteiger partial charge in [-0.3, -0.25) is 0 Å². The zero-order valence-corrected chi connectivity index (χ0v) is 8.48. The van der Waals surface area contributed by atoms with Gasteiger partial charge in [0.15, 0.2) is 0 Å². The number of rotatable bonds is 1. The molecule has 1 rings (SSSR count). The molecule has 1 aliphatic carbocycles. The summed E-state index contributed by atoms with van der Waals surface area (Å²) in [5.74, 6) is 0.906. The maximum atomic E-state index is 3.35. The van der Waals surface area contributed by atoms with E-state index in [1.807, 2.05) is 13.8 Å². The molecule has 0 aromatic carbocycles. The first-order valence-corrected chi connectivity index (χ1v) is 5.02. The van der Waals surface area contributed by atoms with E-state index in [2.05, 4.69) is 19.3 Å². The number of nitrogens with one attached hydrogen (secondary N) is 1. The predicted molar refractivity (Wildman–Crippen MR) is 53.9 cm³/mol. The smallest absolute Gasteiger partial charge is 0.00896 e. The van der Waals surface area contributed by atoms with Gasteiger partial charge in [-0.15, -0.1) is 0 Å². The summed E-state index contributed by atoms with van der Waals surface area (Å²) in [6.45, 7) is 6.35. The number of hydrogen-bond donors (Lipinski definition) is 1. The lowest BCUT2D eigenvalue weighted by molar-refractivity contribution is 0.294. The van der Waals surface area contributed by atoms with Gasteiger partial charge in [-0.25, -0.2) is 0 Å². The van der Waals surface area contributed by atoms with Gasteiger partial charge in [-0.1, -0.05) is 33.6 Å². The highest BCUT2D eigenvalue weighted by atomic mass is 14.9. The van der Waals surface area contributed by atoms with Crippen LogP contribution in [-0.4, -0.2) is 13.1 Å². The van der Waals surface area contributed by atoms with Gasteiger partial charge < -0.3 is 5.32 Å². The standard InChI is InChI=1S/C8H17N.C2H6.H2/c1-7-5-3-4-6-8(7)9-2;1-2;/h7-9H,3-6H2,1-2H3;1-2H3;1H/t7-,8-;;/m1../s1. The van der Waals surface area contributed by atoms with E-state index in [1.54, 1.807) is 0 Å². The van der Waals surface area contributed by atoms with Crippen LogP contribution < -0.4 is 5.32 Å². The maximum absolute atomic E-state index is 3.35. The molecule has 1 aliphatic rings. The molecule has 1 fully saturated rings. The van der Waals surface area contributed by atoms with E-state index in [0.29, 0.717) is 0 Å². The minimum Gasteiger partial charge on any atom is -0.317 e. The molecule has 0 aliphatic heterocycles. The molecule has 0 amide bonds. The van der Waals surface area contributed by atoms with Crippen molar-refractivity contribution in [1.29, 1.82) is 0 Å². The van der Waals surface area contributed by atoms with E-state index >= 15 is 0 Å². The van der Waals surface area contributed by atoms with Crippen LogP contribution in [0, 0.1) is 5.92 Å². The molecule has 0 aromatic rings. The SMILES string of the molecule is CC.CN[C@@H]1CCCC[C@H]1C.[HH]. The Morgan fingerprint density at radius 3 is 2.09 bits per heavy atom. The van der Waals surface area contributed by atoms with Crippen LogP contribution in [0.25, 0.3) is 0 Å². The van der Waals surface area contributed by atoms with Gasteiger partial charge in [0.1, 0.15) is 0 Å². The Labute approximate surface area is 73.1 Å². The zero-order valence-electron chi connectivity index (χ0n) is 8.48. The Morgan fingerprint density at radius 1 is 1.18 bits per heavy atom. The van der Waals surface area contributed by atoms with Crippen LogP contribution in [0.15, 0.2) is 0 Å². The second-order valence-electron chi connectivity index (χ2n) is 3.16. The third-order valence-electron chi connectivity index (χ3n) is 2.48. The van der Waals surface area contributed by atoms with Gasteiger partial charge in [0, 0.05) is 7.47 Å². The van der Waals surface area contributed by atoms with Crippen molar-refractivity contribution in [2.75, 3.05) is 7.05 Å². The Kier molecular flexibility index (Phi) is 6.63. The highest BCUT2D eigenvalue weighted by Gasteiger charge is 2.18. The summed E-state index contributed by atoms with van der Waals surface area (Å²) in [6.07, 6.45) is 5.68. The van der Waals surface area contributed by atoms with E-state index in [0.717, 1.165) is 12.0 Å². The lowest BCUT2D eigenvalue weighted by Gasteiger charge is -2.27. The summed E-state index contributed by atoms with van der Waals surface area (Å²) in [6, 6.07) is 0.804. The van der Waals surface area contributed by atoms with Gasteiger partial charge in [0.2, 0.25) is 0 Å². The first-order chi connectivity index (χ1) is 5.34. The van der Waals surface area contributed by atoms with Gasteiger partial charge >= 0.3 is 0 Å². The van der Waals surface area contributed by atoms with Crippen molar-refractivity contribution in [3.05, 3.63) is 0 Å². The second-order valence-corrected chi connectivity index (χ2v) is 3.16. The Bertz CT molecular complexity index is 85.9. The molecule has 2 atom stereocenters. The summed E-state index contributed by atoms with van der Waals surface area (Å²) >= 11 is 0. The van der Waals surface area contributed by atoms with Gasteiger partial charge in [-0.2, -0.15) is 0 Å². The molecule has 0 saturated heterocycles. The van der Waals surface area contributed by atoms with Crippen LogP contribution in [0.3, 0.4) is 0 Å². The summed E-state index contributed by atoms with van der Waals surface area (Å²) in [7, 11) is 2.08. The lowest BCUT2D eigenvalue weighted by Crippen LogP contribution is -2.34. The minimum absolute atomic E-state index is 0. The van der Waals surface area contributed by atoms with Crippen molar-refractivity contribution >= 4 is 0 Å². The van der Waals surface area contributed by atoms with E-state index in [-0.39, 0.29) is 1.43 Å². The summed E-state index contributed by atoms with van der Waals surface area (Å²) in [4.78, 5) is 0. The summed E-state index contributed by atoms with van der Waals surface area (Å²) in [5, 5.41) is 3.35. The van der Waals surface area contributed by atoms with Crippen LogP contribution in [0.1, 0.15) is 47.9 Å². The minimum atomic E-state index is 0. The highest BCUT2D eigenvalue weighted by Crippen LogP contribution is 2.22. The molecule has 1 N–H and O–H groups in total. The second kappa shape index (κ2) is 6.66. The highest BCUT2D eigenvalue weighted by molar-refractivity contribution is 4.75. The molecular weight excluding hydrogens is 134 g/mol. The zero-order chi connectivity index (χ0) is 8.69. The average Bonchev–Trinajstić information content (AvgIpc) is 2.09. The molecule has 1 saturated carbocycles. The first kappa shape index (κ1) is 11.0. The summed E-state index contributed by atoms with van der Waals surface area (Å²) in [5.41, 5.74) is 0. The molecule has 0 aromatic heterocycles. The third kappa shape index (κ3) is 3.76. The fourth-order valence-corrected chi connectivity index (χ4v) is 1.75. The van der Waals surface area contributed by atoms with Gasteiger partial charge in [-0.05, 0) is 25.8 Å². The molecule has 0 radical (unpaired) electrons. The molecule has 11 heavy (non-hydrogen) atoms. The Morgan fingerprint density at radius 2 is 1.73 bits per heavy atom. The third-order valence-corrected chi connectivity index (χ3v) is 2.48. The van der Waals surface area contributed by atoms with Crippen molar-refractivity contribution in [2.24, 2.45) is 5.92 Å². The topological polar surface area (TPSA) is 12.0 Å². The van der Waals surface area contributed by atoms with Crippen molar-refractivity contribution in [1.82, 2.24) is 5.32 Å². The average molecular weight is 159 g/mol. The predicted octanol–water partition coefficient (Wildman–Crippen LogP) is 3.06. The van der Waals surface area contributed by atoms with Crippen LogP contribution in [0.4, 0.5) is 0 Å². The molecule has 0 unspecified atom stereocenters. The van der Waals surface area contributed by atoms with Gasteiger partial charge in [0.05, 0.1) is 0 Å². The fourth-order valence-electron chi connectivity index (χ4n) is 1.75. The van der Waals surface area contributed by atoms with E-state index < -0.39 is 0 Å². The largest absolute Gasteiger partial charge is 0.317 e. The first-order valence-electron chi connectivity index (χ1n) is 5.02. The van der Waals surface area contributed by atoms with Crippen molar-refractivity contribution in [3.8, 4) is 0 Å². The van der Waals surface area contributed by atoms with Crippen molar-refractivity contribution < 1.29 is 1.43 Å². The monoisotopic (exact) mass is 159 g/mol. The molecule has 0 heterocycles. The lowest BCUT2D eigenvalue weighted by atomic mass is 9.86. The molecule has 1 heteroatoms. The van der Waals surface area contributed by atoms with Crippen molar-refractivity contribution in [3.63, 3.8) is 0 Å². The van der Waals surface area contributed by atoms with Crippen LogP contribution in [-0.2, 0) is 0 Å². The van der Waals surface area contributed by atoms with Gasteiger partial charge in [0.25, 0.3) is 0 Å². The molecule has 70 valence electrons. The van der Waals surface area contributed by atoms with Crippen LogP contribution in [0.5, 0.6) is 0 Å². The Balaban J connectivity index is 0. The number of hydrogen-bond acceptors (Lipinski definition) is 1. The molecule has 0 bridgehead atoms. The molecular formula is C10H25N. The summed E-state index contributed by atoms with van der Waals surface area (Å²) < 4.78 is 0. The maximum Gasteiger partial charge on any atom is 0.00896 e. The molecule has 1 nitrogen and oxygen atoms in total. The fraction of sp³-hybridized carbons (Fsp3) is 1.00. The van der Waals surface area contributed by atoms with E-state index in [4.69, 9.17) is 0 Å². The van der Waals surface area contributed by atoms with Crippen LogP contribution in [0.2, 0.25) is 0 Å². The van der Waals surface area contributed by atoms with E-state index in [1.165, 1.54) is 25.7 Å².